The second-order valence-corrected chi connectivity index (χ2v) is 11.2. The van der Waals surface area contributed by atoms with Crippen LogP contribution >= 0.6 is 0 Å². The van der Waals surface area contributed by atoms with Crippen LogP contribution < -0.4 is 11.1 Å². The van der Waals surface area contributed by atoms with E-state index in [9.17, 15) is 0 Å². The first-order valence-electron chi connectivity index (χ1n) is 14.6. The lowest BCUT2D eigenvalue weighted by atomic mass is 9.84. The third kappa shape index (κ3) is 6.98. The molecule has 0 amide bonds. The normalized spacial score (nSPS) is 15.7. The van der Waals surface area contributed by atoms with Crippen molar-refractivity contribution in [2.24, 2.45) is 21.6 Å². The second kappa shape index (κ2) is 13.0. The van der Waals surface area contributed by atoms with E-state index in [4.69, 9.17) is 15.7 Å². The Kier molecular flexibility index (Phi) is 9.42. The molecular weight excluding hydrogens is 488 g/mol. The lowest BCUT2D eigenvalue weighted by molar-refractivity contribution is 0.485. The lowest BCUT2D eigenvalue weighted by Gasteiger charge is -2.21. The van der Waals surface area contributed by atoms with Gasteiger partial charge in [-0.25, -0.2) is 0 Å². The van der Waals surface area contributed by atoms with Crippen LogP contribution in [0.25, 0.3) is 0 Å². The van der Waals surface area contributed by atoms with Crippen molar-refractivity contribution < 1.29 is 0 Å². The first kappa shape index (κ1) is 29.1. The van der Waals surface area contributed by atoms with E-state index in [1.165, 1.54) is 16.7 Å². The number of nitrogens with zero attached hydrogens (tertiary/aromatic N) is 2. The Hall–Kier alpha value is -3.92. The predicted octanol–water partition coefficient (Wildman–Crippen LogP) is 9.86. The van der Waals surface area contributed by atoms with Gasteiger partial charge >= 0.3 is 0 Å². The molecule has 1 unspecified atom stereocenters. The molecule has 1 aliphatic rings. The highest BCUT2D eigenvalue weighted by atomic mass is 14.9. The highest BCUT2D eigenvalue weighted by Gasteiger charge is 2.16. The predicted molar refractivity (Wildman–Crippen MR) is 174 cm³/mol. The Morgan fingerprint density at radius 3 is 2.38 bits per heavy atom. The molecule has 0 spiro atoms. The maximum Gasteiger partial charge on any atom is 0.0872 e. The molecule has 1 atom stereocenters. The van der Waals surface area contributed by atoms with Crippen molar-refractivity contribution in [3.63, 3.8) is 0 Å². The summed E-state index contributed by atoms with van der Waals surface area (Å²) in [6, 6.07) is 21.5. The van der Waals surface area contributed by atoms with E-state index in [0.29, 0.717) is 11.8 Å². The largest absolute Gasteiger partial charge is 0.399 e. The Balaban J connectivity index is 1.78. The van der Waals surface area contributed by atoms with Gasteiger partial charge in [-0.15, -0.1) is 0 Å². The van der Waals surface area contributed by atoms with Crippen molar-refractivity contribution in [3.05, 3.63) is 106 Å². The number of anilines is 2. The number of benzene rings is 3. The molecule has 3 aromatic carbocycles. The maximum absolute atomic E-state index is 6.08. The zero-order valence-electron chi connectivity index (χ0n) is 25.2. The second-order valence-electron chi connectivity index (χ2n) is 11.2. The molecule has 4 rings (SSSR count). The Bertz CT molecular complexity index is 1470. The molecule has 4 heteroatoms. The molecule has 0 aromatic heterocycles. The Morgan fingerprint density at radius 1 is 0.975 bits per heavy atom. The SMILES string of the molecule is CCc1cc(C(C)=Nc2cc(Nc3ccccc3)c(N=C3C=C(C)C(N)=CC3)cc2C)cc(C(CC)C(C)C)c1. The van der Waals surface area contributed by atoms with E-state index in [-0.39, 0.29) is 0 Å². The van der Waals surface area contributed by atoms with Crippen LogP contribution in [-0.2, 0) is 6.42 Å². The molecule has 3 aromatic rings. The van der Waals surface area contributed by atoms with Gasteiger partial charge < -0.3 is 11.1 Å². The van der Waals surface area contributed by atoms with Gasteiger partial charge in [-0.05, 0) is 116 Å². The van der Waals surface area contributed by atoms with Crippen LogP contribution in [0.2, 0.25) is 0 Å². The van der Waals surface area contributed by atoms with Crippen LogP contribution in [0.5, 0.6) is 0 Å². The number of aryl methyl sites for hydroxylation is 2. The number of hydrogen-bond donors (Lipinski definition) is 2. The molecular formula is C36H44N4. The van der Waals surface area contributed by atoms with Crippen molar-refractivity contribution in [1.82, 2.24) is 0 Å². The summed E-state index contributed by atoms with van der Waals surface area (Å²) < 4.78 is 0. The van der Waals surface area contributed by atoms with Gasteiger partial charge in [-0.1, -0.05) is 58.0 Å². The fourth-order valence-corrected chi connectivity index (χ4v) is 5.35. The molecule has 1 aliphatic carbocycles. The molecule has 0 saturated heterocycles. The molecule has 0 heterocycles. The van der Waals surface area contributed by atoms with Gasteiger partial charge in [0.2, 0.25) is 0 Å². The monoisotopic (exact) mass is 532 g/mol. The number of para-hydroxylation sites is 1. The zero-order chi connectivity index (χ0) is 28.8. The Labute approximate surface area is 240 Å². The number of hydrogen-bond acceptors (Lipinski definition) is 4. The number of nitrogens with one attached hydrogen (secondary N) is 1. The van der Waals surface area contributed by atoms with Crippen molar-refractivity contribution in [1.29, 1.82) is 0 Å². The average molecular weight is 533 g/mol. The average Bonchev–Trinajstić information content (AvgIpc) is 2.93. The van der Waals surface area contributed by atoms with Crippen LogP contribution in [-0.4, -0.2) is 11.4 Å². The molecule has 3 N–H and O–H groups in total. The molecule has 208 valence electrons. The third-order valence-corrected chi connectivity index (χ3v) is 7.80. The van der Waals surface area contributed by atoms with Gasteiger partial charge in [0.1, 0.15) is 0 Å². The first-order valence-corrected chi connectivity index (χ1v) is 14.6. The summed E-state index contributed by atoms with van der Waals surface area (Å²) in [6.45, 7) is 15.4. The smallest absolute Gasteiger partial charge is 0.0872 e. The number of allylic oxidation sites excluding steroid dienone is 3. The van der Waals surface area contributed by atoms with Crippen molar-refractivity contribution in [3.8, 4) is 0 Å². The summed E-state index contributed by atoms with van der Waals surface area (Å²) in [4.78, 5) is 10.2. The minimum atomic E-state index is 0.544. The highest BCUT2D eigenvalue weighted by Crippen LogP contribution is 2.37. The summed E-state index contributed by atoms with van der Waals surface area (Å²) in [5.74, 6) is 1.14. The summed E-state index contributed by atoms with van der Waals surface area (Å²) >= 11 is 0. The summed E-state index contributed by atoms with van der Waals surface area (Å²) in [6.07, 6.45) is 6.98. The third-order valence-electron chi connectivity index (χ3n) is 7.80. The van der Waals surface area contributed by atoms with Crippen LogP contribution in [0, 0.1) is 12.8 Å². The van der Waals surface area contributed by atoms with E-state index in [1.807, 2.05) is 31.2 Å². The highest BCUT2D eigenvalue weighted by molar-refractivity contribution is 6.02. The molecule has 40 heavy (non-hydrogen) atoms. The van der Waals surface area contributed by atoms with E-state index in [1.54, 1.807) is 0 Å². The minimum Gasteiger partial charge on any atom is -0.399 e. The van der Waals surface area contributed by atoms with Crippen LogP contribution in [0.15, 0.2) is 94.1 Å². The molecule has 0 bridgehead atoms. The van der Waals surface area contributed by atoms with E-state index < -0.39 is 0 Å². The van der Waals surface area contributed by atoms with Crippen molar-refractivity contribution in [2.45, 2.75) is 73.6 Å². The molecule has 0 radical (unpaired) electrons. The van der Waals surface area contributed by atoms with Crippen LogP contribution in [0.1, 0.15) is 82.6 Å². The lowest BCUT2D eigenvalue weighted by Crippen LogP contribution is -2.08. The summed E-state index contributed by atoms with van der Waals surface area (Å²) in [5.41, 5.74) is 18.8. The summed E-state index contributed by atoms with van der Waals surface area (Å²) in [7, 11) is 0. The van der Waals surface area contributed by atoms with Gasteiger partial charge in [0, 0.05) is 29.2 Å². The fraction of sp³-hybridized carbons (Fsp3) is 0.333. The molecule has 4 nitrogen and oxygen atoms in total. The zero-order valence-corrected chi connectivity index (χ0v) is 25.2. The maximum atomic E-state index is 6.08. The molecule has 0 saturated carbocycles. The van der Waals surface area contributed by atoms with Gasteiger partial charge in [0.25, 0.3) is 0 Å². The minimum absolute atomic E-state index is 0.544. The number of aliphatic imine (C=N–C) groups is 2. The Morgan fingerprint density at radius 2 is 1.73 bits per heavy atom. The van der Waals surface area contributed by atoms with Gasteiger partial charge in [0.05, 0.1) is 17.1 Å². The van der Waals surface area contributed by atoms with Crippen LogP contribution in [0.3, 0.4) is 0 Å². The van der Waals surface area contributed by atoms with E-state index >= 15 is 0 Å². The quantitative estimate of drug-likeness (QED) is 0.269. The van der Waals surface area contributed by atoms with Crippen molar-refractivity contribution >= 4 is 34.2 Å². The summed E-state index contributed by atoms with van der Waals surface area (Å²) in [5, 5.41) is 3.59. The topological polar surface area (TPSA) is 62.8 Å². The number of rotatable bonds is 9. The van der Waals surface area contributed by atoms with Gasteiger partial charge in [-0.2, -0.15) is 0 Å². The molecule has 0 aliphatic heterocycles. The first-order chi connectivity index (χ1) is 19.2. The standard InChI is InChI=1S/C36H44N4/c1-8-27-19-28(21-29(20-27)32(9-2)23(3)4)26(7)38-34-22-36(39-30-13-11-10-12-14-30)35(18-25(34)6)40-31-15-16-33(37)24(5)17-31/h10-14,16-23,32,39H,8-9,15,37H2,1-7H3. The van der Waals surface area contributed by atoms with Gasteiger partial charge in [-0.3, -0.25) is 9.98 Å². The van der Waals surface area contributed by atoms with Crippen LogP contribution in [0.4, 0.5) is 22.7 Å². The van der Waals surface area contributed by atoms with Crippen molar-refractivity contribution in [2.75, 3.05) is 5.32 Å². The van der Waals surface area contributed by atoms with E-state index in [0.717, 1.165) is 70.3 Å². The van der Waals surface area contributed by atoms with Gasteiger partial charge in [0.15, 0.2) is 0 Å². The number of nitrogens with two attached hydrogens (primary N) is 1. The fourth-order valence-electron chi connectivity index (χ4n) is 5.35. The van der Waals surface area contributed by atoms with E-state index in [2.05, 4.69) is 95.4 Å². The molecule has 0 fully saturated rings.